The van der Waals surface area contributed by atoms with Gasteiger partial charge in [0.2, 0.25) is 5.91 Å². The number of carbonyl (C=O) groups is 2. The molecule has 3 atom stereocenters. The first kappa shape index (κ1) is 27.7. The van der Waals surface area contributed by atoms with Gasteiger partial charge in [0.1, 0.15) is 11.8 Å². The molecule has 1 amide bonds. The molecule has 0 bridgehead atoms. The number of carboxylic acid groups (broad SMARTS) is 1. The minimum atomic E-state index is -3.94. The molecule has 1 aliphatic heterocycles. The van der Waals surface area contributed by atoms with Gasteiger partial charge in [0.15, 0.2) is 0 Å². The molecular formula is C29H33N2O6P. The third-order valence-corrected chi connectivity index (χ3v) is 8.60. The quantitative estimate of drug-likeness (QED) is 0.300. The van der Waals surface area contributed by atoms with E-state index in [2.05, 4.69) is 5.32 Å². The highest BCUT2D eigenvalue weighted by Gasteiger charge is 2.42. The fraction of sp³-hybridized carbons (Fsp3) is 0.310. The van der Waals surface area contributed by atoms with Crippen LogP contribution < -0.4 is 5.32 Å². The normalized spacial score (nSPS) is 17.2. The molecule has 0 spiro atoms. The van der Waals surface area contributed by atoms with E-state index < -0.39 is 31.4 Å². The van der Waals surface area contributed by atoms with Gasteiger partial charge in [-0.3, -0.25) is 14.7 Å². The molecule has 0 aliphatic carbocycles. The number of rotatable bonds is 12. The number of carbonyl (C=O) groups excluding carboxylic acids is 1. The van der Waals surface area contributed by atoms with Gasteiger partial charge in [-0.25, -0.2) is 4.79 Å². The van der Waals surface area contributed by atoms with Crippen molar-refractivity contribution in [1.29, 1.82) is 0 Å². The number of likely N-dealkylation sites (tertiary alicyclic amines) is 1. The van der Waals surface area contributed by atoms with E-state index in [4.69, 9.17) is 9.05 Å². The molecule has 4 rings (SSSR count). The van der Waals surface area contributed by atoms with Crippen molar-refractivity contribution in [2.75, 3.05) is 6.54 Å². The molecule has 38 heavy (non-hydrogen) atoms. The van der Waals surface area contributed by atoms with Crippen LogP contribution in [0.25, 0.3) is 0 Å². The van der Waals surface area contributed by atoms with E-state index in [1.807, 2.05) is 78.9 Å². The van der Waals surface area contributed by atoms with Gasteiger partial charge in [-0.15, -0.1) is 0 Å². The Morgan fingerprint density at radius 2 is 1.42 bits per heavy atom. The van der Waals surface area contributed by atoms with Crippen molar-refractivity contribution >= 4 is 19.5 Å². The average Bonchev–Trinajstić information content (AvgIpc) is 3.45. The molecular weight excluding hydrogens is 503 g/mol. The topological polar surface area (TPSA) is 105 Å². The molecule has 1 heterocycles. The van der Waals surface area contributed by atoms with E-state index in [1.54, 1.807) is 19.1 Å². The summed E-state index contributed by atoms with van der Waals surface area (Å²) in [4.78, 5) is 26.4. The predicted molar refractivity (Wildman–Crippen MR) is 144 cm³/mol. The van der Waals surface area contributed by atoms with Crippen LogP contribution in [0.4, 0.5) is 0 Å². The summed E-state index contributed by atoms with van der Waals surface area (Å²) in [6, 6.07) is 26.1. The van der Waals surface area contributed by atoms with E-state index >= 15 is 0 Å². The maximum atomic E-state index is 14.6. The van der Waals surface area contributed by atoms with Gasteiger partial charge in [0.05, 0.1) is 19.3 Å². The molecule has 9 heteroatoms. The van der Waals surface area contributed by atoms with Crippen LogP contribution in [0.5, 0.6) is 0 Å². The van der Waals surface area contributed by atoms with Crippen LogP contribution in [0, 0.1) is 0 Å². The van der Waals surface area contributed by atoms with Crippen LogP contribution in [-0.4, -0.2) is 40.5 Å². The highest BCUT2D eigenvalue weighted by molar-refractivity contribution is 7.54. The largest absolute Gasteiger partial charge is 0.480 e. The maximum absolute atomic E-state index is 14.6. The lowest BCUT2D eigenvalue weighted by atomic mass is 10.2. The summed E-state index contributed by atoms with van der Waals surface area (Å²) in [6.07, 6.45) is 1.03. The number of nitrogens with one attached hydrogen (secondary N) is 1. The third kappa shape index (κ3) is 6.97. The fourth-order valence-electron chi connectivity index (χ4n) is 4.51. The lowest BCUT2D eigenvalue weighted by Gasteiger charge is -2.32. The molecule has 8 nitrogen and oxygen atoms in total. The smallest absolute Gasteiger partial charge is 0.352 e. The zero-order valence-electron chi connectivity index (χ0n) is 21.3. The highest BCUT2D eigenvalue weighted by Crippen LogP contribution is 2.61. The Hall–Kier alpha value is -3.29. The Labute approximate surface area is 223 Å². The van der Waals surface area contributed by atoms with Crippen LogP contribution in [0.1, 0.15) is 42.2 Å². The van der Waals surface area contributed by atoms with Gasteiger partial charge >= 0.3 is 13.6 Å². The van der Waals surface area contributed by atoms with Crippen molar-refractivity contribution in [3.05, 3.63) is 108 Å². The summed E-state index contributed by atoms with van der Waals surface area (Å²) in [5, 5.41) is 12.7. The maximum Gasteiger partial charge on any atom is 0.352 e. The molecule has 3 aromatic rings. The monoisotopic (exact) mass is 536 g/mol. The van der Waals surface area contributed by atoms with E-state index in [1.165, 1.54) is 4.90 Å². The van der Waals surface area contributed by atoms with Crippen LogP contribution >= 0.6 is 7.60 Å². The SMILES string of the molecule is C[C@H](NC(c1ccccc1)P(=O)(OCc1ccccc1)OCc1ccccc1)C(=O)N1CCC[C@H]1C(=O)O. The second-order valence-corrected chi connectivity index (χ2v) is 11.4. The predicted octanol–water partition coefficient (Wildman–Crippen LogP) is 5.37. The molecule has 1 fully saturated rings. The third-order valence-electron chi connectivity index (χ3n) is 6.54. The number of carboxylic acids is 1. The lowest BCUT2D eigenvalue weighted by Crippen LogP contribution is -2.49. The minimum absolute atomic E-state index is 0.0491. The van der Waals surface area contributed by atoms with Crippen molar-refractivity contribution in [3.8, 4) is 0 Å². The standard InChI is InChI=1S/C29H33N2O6P/c1-22(28(32)31-19-11-18-26(31)29(33)34)30-27(25-16-9-4-10-17-25)38(35,36-20-23-12-5-2-6-13-23)37-21-24-14-7-3-8-15-24/h2-10,12-17,22,26-27,30H,11,18-21H2,1H3,(H,33,34)/t22-,26-,27?/m0/s1. The summed E-state index contributed by atoms with van der Waals surface area (Å²) < 4.78 is 26.7. The highest BCUT2D eigenvalue weighted by atomic mass is 31.2. The molecule has 0 aromatic heterocycles. The summed E-state index contributed by atoms with van der Waals surface area (Å²) >= 11 is 0. The summed E-state index contributed by atoms with van der Waals surface area (Å²) in [6.45, 7) is 2.11. The van der Waals surface area contributed by atoms with Gasteiger partial charge in [0.25, 0.3) is 0 Å². The van der Waals surface area contributed by atoms with Crippen LogP contribution in [0.2, 0.25) is 0 Å². The van der Waals surface area contributed by atoms with Gasteiger partial charge in [0, 0.05) is 6.54 Å². The summed E-state index contributed by atoms with van der Waals surface area (Å²) in [7, 11) is -3.94. The first-order valence-corrected chi connectivity index (χ1v) is 14.3. The molecule has 0 radical (unpaired) electrons. The number of aliphatic carboxylic acids is 1. The minimum Gasteiger partial charge on any atom is -0.480 e. The molecule has 200 valence electrons. The van der Waals surface area contributed by atoms with E-state index in [9.17, 15) is 19.3 Å². The van der Waals surface area contributed by atoms with E-state index in [0.29, 0.717) is 24.9 Å². The van der Waals surface area contributed by atoms with Crippen molar-refractivity contribution in [2.24, 2.45) is 0 Å². The zero-order chi connectivity index (χ0) is 27.0. The van der Waals surface area contributed by atoms with Gasteiger partial charge in [-0.1, -0.05) is 91.0 Å². The molecule has 1 aliphatic rings. The average molecular weight is 537 g/mol. The Kier molecular flexibility index (Phi) is 9.48. The second-order valence-electron chi connectivity index (χ2n) is 9.29. The van der Waals surface area contributed by atoms with Crippen molar-refractivity contribution < 1.29 is 28.3 Å². The zero-order valence-corrected chi connectivity index (χ0v) is 22.2. The van der Waals surface area contributed by atoms with Crippen molar-refractivity contribution in [2.45, 2.75) is 50.8 Å². The Bertz CT molecular complexity index is 1190. The molecule has 1 saturated heterocycles. The lowest BCUT2D eigenvalue weighted by molar-refractivity contribution is -0.148. The Balaban J connectivity index is 1.63. The number of nitrogens with zero attached hydrogens (tertiary/aromatic N) is 1. The van der Waals surface area contributed by atoms with Crippen LogP contribution in [0.15, 0.2) is 91.0 Å². The number of amides is 1. The van der Waals surface area contributed by atoms with Gasteiger partial charge in [-0.2, -0.15) is 0 Å². The van der Waals surface area contributed by atoms with Gasteiger partial charge < -0.3 is 19.1 Å². The van der Waals surface area contributed by atoms with E-state index in [-0.39, 0.29) is 19.1 Å². The van der Waals surface area contributed by atoms with Crippen LogP contribution in [-0.2, 0) is 36.4 Å². The fourth-order valence-corrected chi connectivity index (χ4v) is 6.49. The van der Waals surface area contributed by atoms with E-state index in [0.717, 1.165) is 11.1 Å². The van der Waals surface area contributed by atoms with Gasteiger partial charge in [-0.05, 0) is 36.5 Å². The second kappa shape index (κ2) is 13.0. The first-order valence-electron chi connectivity index (χ1n) is 12.7. The first-order chi connectivity index (χ1) is 18.4. The summed E-state index contributed by atoms with van der Waals surface area (Å²) in [5.41, 5.74) is 2.29. The van der Waals surface area contributed by atoms with Crippen molar-refractivity contribution in [3.63, 3.8) is 0 Å². The molecule has 0 saturated carbocycles. The number of hydrogen-bond donors (Lipinski definition) is 2. The molecule has 1 unspecified atom stereocenters. The molecule has 3 aromatic carbocycles. The number of hydrogen-bond acceptors (Lipinski definition) is 6. The number of benzene rings is 3. The summed E-state index contributed by atoms with van der Waals surface area (Å²) in [5.74, 6) is -2.36. The Morgan fingerprint density at radius 1 is 0.921 bits per heavy atom. The van der Waals surface area contributed by atoms with Crippen molar-refractivity contribution in [1.82, 2.24) is 10.2 Å². The Morgan fingerprint density at radius 3 is 1.92 bits per heavy atom. The van der Waals surface area contributed by atoms with Crippen LogP contribution in [0.3, 0.4) is 0 Å². The molecule has 2 N–H and O–H groups in total.